The van der Waals surface area contributed by atoms with Crippen molar-refractivity contribution < 1.29 is 82.0 Å². The molecule has 0 aliphatic rings. The van der Waals surface area contributed by atoms with Gasteiger partial charge >= 0.3 is 29.9 Å². The van der Waals surface area contributed by atoms with Gasteiger partial charge in [-0.1, -0.05) is 0 Å². The molecule has 0 aliphatic carbocycles. The summed E-state index contributed by atoms with van der Waals surface area (Å²) < 4.78 is 109. The molecule has 4 aromatic heterocycles. The van der Waals surface area contributed by atoms with Crippen molar-refractivity contribution in [1.82, 2.24) is 0 Å². The Kier molecular flexibility index (Phi) is 11.5. The molecule has 0 bridgehead atoms. The molecule has 18 heteroatoms. The van der Waals surface area contributed by atoms with Crippen molar-refractivity contribution in [2.75, 3.05) is 0 Å². The van der Waals surface area contributed by atoms with Crippen LogP contribution >= 0.6 is 0 Å². The Morgan fingerprint density at radius 3 is 0.812 bits per heavy atom. The van der Waals surface area contributed by atoms with Gasteiger partial charge in [-0.05, 0) is 48.5 Å². The fourth-order valence-corrected chi connectivity index (χ4v) is 6.10. The van der Waals surface area contributed by atoms with Crippen LogP contribution in [0.3, 0.4) is 0 Å². The Balaban J connectivity index is 0.000000194. The number of halogens is 6. The smallest absolute Gasteiger partial charge is 0.421 e. The standard InChI is InChI=1S/2C14H12N2.C2F6NO4S2.Li/c2*1-9-3-5-11-7-8-12-6-4-10(2)16-14(12)13(11)15-9;3-1(4,5)14(10,11)9-15(12,13)2(6,7)8;/h2*3-8H,1-2H3;;/q;;-1;+1/p+4. The molecule has 0 aliphatic heterocycles. The second-order valence-corrected chi connectivity index (χ2v) is 13.9. The Morgan fingerprint density at radius 2 is 0.625 bits per heavy atom. The number of benzene rings is 2. The van der Waals surface area contributed by atoms with Crippen molar-refractivity contribution in [1.29, 1.82) is 0 Å². The molecular weight excluding hydrogens is 679 g/mol. The zero-order valence-corrected chi connectivity index (χ0v) is 27.7. The molecule has 9 nitrogen and oxygen atoms in total. The number of nitrogens with one attached hydrogen (secondary N) is 4. The Hall–Kier alpha value is -3.88. The van der Waals surface area contributed by atoms with Crippen molar-refractivity contribution in [2.24, 2.45) is 0 Å². The van der Waals surface area contributed by atoms with E-state index in [-0.39, 0.29) is 18.9 Å². The first-order valence-electron chi connectivity index (χ1n) is 13.5. The molecule has 248 valence electrons. The Labute approximate surface area is 283 Å². The van der Waals surface area contributed by atoms with Gasteiger partial charge in [-0.2, -0.15) is 26.3 Å². The molecule has 0 atom stereocenters. The van der Waals surface area contributed by atoms with Crippen LogP contribution in [0, 0.1) is 27.7 Å². The van der Waals surface area contributed by atoms with E-state index in [2.05, 4.69) is 120 Å². The fourth-order valence-electron chi connectivity index (χ4n) is 4.39. The molecule has 4 N–H and O–H groups in total. The average molecular weight is 708 g/mol. The van der Waals surface area contributed by atoms with Crippen LogP contribution in [0.2, 0.25) is 0 Å². The summed E-state index contributed by atoms with van der Waals surface area (Å²) >= 11 is 0. The second-order valence-electron chi connectivity index (χ2n) is 10.5. The van der Waals surface area contributed by atoms with Gasteiger partial charge in [-0.3, -0.25) is 0 Å². The van der Waals surface area contributed by atoms with Crippen LogP contribution in [0.4, 0.5) is 26.3 Å². The summed E-state index contributed by atoms with van der Waals surface area (Å²) in [4.78, 5) is 13.7. The van der Waals surface area contributed by atoms with Crippen LogP contribution in [-0.2, 0) is 20.0 Å². The van der Waals surface area contributed by atoms with E-state index >= 15 is 0 Å². The minimum Gasteiger partial charge on any atom is -0.421 e. The van der Waals surface area contributed by atoms with Gasteiger partial charge in [-0.25, -0.2) is 36.8 Å². The number of sulfonamides is 2. The van der Waals surface area contributed by atoms with Crippen molar-refractivity contribution in [3.8, 4) is 0 Å². The number of nitrogens with zero attached hydrogens (tertiary/aromatic N) is 1. The van der Waals surface area contributed by atoms with Crippen LogP contribution in [0.15, 0.2) is 72.8 Å². The molecule has 0 fully saturated rings. The van der Waals surface area contributed by atoms with Crippen LogP contribution in [0.25, 0.3) is 47.7 Å². The van der Waals surface area contributed by atoms with Gasteiger partial charge < -0.3 is 4.13 Å². The van der Waals surface area contributed by atoms with E-state index < -0.39 is 31.1 Å². The van der Waals surface area contributed by atoms with E-state index in [0.29, 0.717) is 0 Å². The van der Waals surface area contributed by atoms with Gasteiger partial charge in [-0.15, -0.1) is 0 Å². The first-order chi connectivity index (χ1) is 21.7. The van der Waals surface area contributed by atoms with Gasteiger partial charge in [0.1, 0.15) is 0 Å². The summed E-state index contributed by atoms with van der Waals surface area (Å²) in [5.41, 5.74) is -2.98. The number of hydrogen-bond donors (Lipinski definition) is 0. The normalized spacial score (nSPS) is 12.2. The number of H-pyrrole nitrogens is 4. The molecule has 2 aromatic carbocycles. The zero-order valence-electron chi connectivity index (χ0n) is 26.1. The van der Waals surface area contributed by atoms with Gasteiger partial charge in [0.05, 0.1) is 21.5 Å². The Morgan fingerprint density at radius 1 is 0.438 bits per heavy atom. The maximum Gasteiger partial charge on any atom is 1.00 e. The third-order valence-corrected chi connectivity index (χ3v) is 9.40. The number of aromatic nitrogens is 4. The molecule has 6 rings (SSSR count). The first-order valence-corrected chi connectivity index (χ1v) is 16.4. The minimum atomic E-state index is -6.72. The largest absolute Gasteiger partial charge is 1.00 e. The summed E-state index contributed by atoms with van der Waals surface area (Å²) in [6, 6.07) is 25.6. The van der Waals surface area contributed by atoms with E-state index in [0.717, 1.165) is 4.13 Å². The number of rotatable bonds is 2. The molecule has 0 saturated heterocycles. The first kappa shape index (κ1) is 38.6. The summed E-state index contributed by atoms with van der Waals surface area (Å²) in [6.45, 7) is 8.31. The summed E-state index contributed by atoms with van der Waals surface area (Å²) in [6.07, 6.45) is 0. The number of aryl methyl sites for hydroxylation is 4. The van der Waals surface area contributed by atoms with E-state index in [1.165, 1.54) is 66.4 Å². The third kappa shape index (κ3) is 8.77. The molecule has 4 heterocycles. The van der Waals surface area contributed by atoms with Crippen molar-refractivity contribution in [3.05, 3.63) is 99.7 Å². The predicted octanol–water partition coefficient (Wildman–Crippen LogP) is 2.54. The predicted molar refractivity (Wildman–Crippen MR) is 161 cm³/mol. The maximum atomic E-state index is 11.4. The van der Waals surface area contributed by atoms with Crippen LogP contribution in [0.5, 0.6) is 0 Å². The number of hydrogen-bond acceptors (Lipinski definition) is 4. The number of fused-ring (bicyclic) bond motifs is 6. The number of pyridine rings is 4. The topological polar surface area (TPSA) is 139 Å². The number of alkyl halides is 6. The maximum absolute atomic E-state index is 11.4. The van der Waals surface area contributed by atoms with Gasteiger partial charge in [0.25, 0.3) is 22.1 Å². The molecule has 48 heavy (non-hydrogen) atoms. The molecule has 0 spiro atoms. The monoisotopic (exact) mass is 707 g/mol. The van der Waals surface area contributed by atoms with Crippen molar-refractivity contribution in [3.63, 3.8) is 0 Å². The van der Waals surface area contributed by atoms with Gasteiger partial charge in [0, 0.05) is 52.0 Å². The quantitative estimate of drug-likeness (QED) is 0.155. The van der Waals surface area contributed by atoms with E-state index in [4.69, 9.17) is 0 Å². The van der Waals surface area contributed by atoms with Crippen LogP contribution in [-0.4, -0.2) is 27.9 Å². The molecule has 0 radical (unpaired) electrons. The van der Waals surface area contributed by atoms with E-state index in [9.17, 15) is 43.2 Å². The average Bonchev–Trinajstić information content (AvgIpc) is 2.96. The second kappa shape index (κ2) is 14.3. The SMILES string of the molecule is Cc1ccc2ccc3ccc(C)[nH+]c3c2[nH+]1.Cc1ccc2ccc3ccc(C)[nH+]c3c2[nH+]1.O=S(=O)([N-]S(=O)(=O)C(F)(F)F)C(F)(F)F.[Li+]. The van der Waals surface area contributed by atoms with Gasteiger partial charge in [0.15, 0.2) is 42.8 Å². The summed E-state index contributed by atoms with van der Waals surface area (Å²) in [5.74, 6) is 0. The molecule has 0 unspecified atom stereocenters. The van der Waals surface area contributed by atoms with E-state index in [1.54, 1.807) is 0 Å². The Bertz CT molecular complexity index is 2070. The van der Waals surface area contributed by atoms with Crippen molar-refractivity contribution in [2.45, 2.75) is 38.7 Å². The van der Waals surface area contributed by atoms with Crippen LogP contribution in [0.1, 0.15) is 22.8 Å². The fraction of sp³-hybridized carbons (Fsp3) is 0.200. The third-order valence-electron chi connectivity index (χ3n) is 6.66. The van der Waals surface area contributed by atoms with E-state index in [1.807, 2.05) is 0 Å². The molecule has 0 amide bonds. The summed E-state index contributed by atoms with van der Waals surface area (Å²) in [7, 11) is -13.4. The number of aromatic amines is 4. The molecule has 6 aromatic rings. The van der Waals surface area contributed by atoms with Crippen molar-refractivity contribution >= 4 is 63.7 Å². The molecular formula is C30H28F6LiN5O4S2+4. The van der Waals surface area contributed by atoms with Crippen LogP contribution < -0.4 is 38.8 Å². The van der Waals surface area contributed by atoms with Gasteiger partial charge in [0.2, 0.25) is 0 Å². The minimum absolute atomic E-state index is 0. The zero-order chi connectivity index (χ0) is 34.9. The molecule has 0 saturated carbocycles. The summed E-state index contributed by atoms with van der Waals surface area (Å²) in [5, 5.41) is 4.94.